The van der Waals surface area contributed by atoms with E-state index in [0.29, 0.717) is 40.5 Å². The Bertz CT molecular complexity index is 1810. The molecule has 1 amide bonds. The highest BCUT2D eigenvalue weighted by atomic mass is 32.2. The van der Waals surface area contributed by atoms with E-state index in [4.69, 9.17) is 15.2 Å². The SMILES string of the molecule is COc1cc(Nc2nc3ccccc3nc2NS(=O)(=O)c2cccc(N(CC(N)=O)Cc3cccs3)c2)cc(OC)c1. The number of hydrogen-bond donors (Lipinski definition) is 3. The maximum Gasteiger partial charge on any atom is 0.263 e. The van der Waals surface area contributed by atoms with Gasteiger partial charge in [0, 0.05) is 34.5 Å². The van der Waals surface area contributed by atoms with E-state index in [1.165, 1.54) is 37.7 Å². The van der Waals surface area contributed by atoms with Gasteiger partial charge in [-0.05, 0) is 41.8 Å². The quantitative estimate of drug-likeness (QED) is 0.183. The van der Waals surface area contributed by atoms with Crippen molar-refractivity contribution < 1.29 is 22.7 Å². The molecule has 0 aliphatic heterocycles. The summed E-state index contributed by atoms with van der Waals surface area (Å²) in [6.45, 7) is 0.314. The number of sulfonamides is 1. The lowest BCUT2D eigenvalue weighted by Crippen LogP contribution is -2.33. The summed E-state index contributed by atoms with van der Waals surface area (Å²) in [5.41, 5.74) is 7.64. The Kier molecular flexibility index (Phi) is 8.41. The van der Waals surface area contributed by atoms with E-state index in [2.05, 4.69) is 20.0 Å². The molecule has 42 heavy (non-hydrogen) atoms. The second kappa shape index (κ2) is 12.3. The van der Waals surface area contributed by atoms with E-state index in [-0.39, 0.29) is 23.1 Å². The predicted molar refractivity (Wildman–Crippen MR) is 164 cm³/mol. The van der Waals surface area contributed by atoms with Crippen LogP contribution in [0.2, 0.25) is 0 Å². The Morgan fingerprint density at radius 2 is 1.60 bits per heavy atom. The molecular weight excluding hydrogens is 576 g/mol. The normalized spacial score (nSPS) is 11.2. The first-order valence-electron chi connectivity index (χ1n) is 12.7. The molecular formula is C29H28N6O5S2. The van der Waals surface area contributed by atoms with Crippen LogP contribution in [0.5, 0.6) is 11.5 Å². The van der Waals surface area contributed by atoms with Crippen LogP contribution >= 0.6 is 11.3 Å². The first-order valence-corrected chi connectivity index (χ1v) is 15.1. The topological polar surface area (TPSA) is 149 Å². The minimum Gasteiger partial charge on any atom is -0.497 e. The van der Waals surface area contributed by atoms with Gasteiger partial charge in [0.15, 0.2) is 11.6 Å². The molecule has 13 heteroatoms. The number of benzene rings is 3. The van der Waals surface area contributed by atoms with Crippen molar-refractivity contribution in [1.29, 1.82) is 0 Å². The minimum atomic E-state index is -4.15. The fourth-order valence-electron chi connectivity index (χ4n) is 4.23. The number of para-hydroxylation sites is 2. The van der Waals surface area contributed by atoms with Gasteiger partial charge < -0.3 is 25.4 Å². The minimum absolute atomic E-state index is 0.00605. The summed E-state index contributed by atoms with van der Waals surface area (Å²) in [5.74, 6) is 0.708. The fraction of sp³-hybridized carbons (Fsp3) is 0.138. The highest BCUT2D eigenvalue weighted by Gasteiger charge is 2.21. The van der Waals surface area contributed by atoms with Crippen LogP contribution in [0.1, 0.15) is 4.88 Å². The molecule has 3 aromatic carbocycles. The molecule has 11 nitrogen and oxygen atoms in total. The van der Waals surface area contributed by atoms with Gasteiger partial charge in [-0.25, -0.2) is 18.4 Å². The molecule has 216 valence electrons. The number of amides is 1. The summed E-state index contributed by atoms with van der Waals surface area (Å²) in [7, 11) is -1.08. The summed E-state index contributed by atoms with van der Waals surface area (Å²) >= 11 is 1.53. The van der Waals surface area contributed by atoms with Crippen LogP contribution in [-0.2, 0) is 21.4 Å². The maximum atomic E-state index is 13.7. The number of carbonyl (C=O) groups excluding carboxylic acids is 1. The van der Waals surface area contributed by atoms with E-state index in [9.17, 15) is 13.2 Å². The maximum absolute atomic E-state index is 13.7. The van der Waals surface area contributed by atoms with Crippen LogP contribution in [0.3, 0.4) is 0 Å². The van der Waals surface area contributed by atoms with Gasteiger partial charge in [-0.15, -0.1) is 11.3 Å². The summed E-state index contributed by atoms with van der Waals surface area (Å²) in [4.78, 5) is 23.7. The lowest BCUT2D eigenvalue weighted by molar-refractivity contribution is -0.116. The zero-order valence-electron chi connectivity index (χ0n) is 22.8. The van der Waals surface area contributed by atoms with Gasteiger partial charge in [-0.2, -0.15) is 0 Å². The third-order valence-corrected chi connectivity index (χ3v) is 8.38. The molecule has 5 rings (SSSR count). The Hall–Kier alpha value is -4.88. The second-order valence-electron chi connectivity index (χ2n) is 9.14. The van der Waals surface area contributed by atoms with Crippen LogP contribution in [0.25, 0.3) is 11.0 Å². The molecule has 0 atom stereocenters. The van der Waals surface area contributed by atoms with Crippen molar-refractivity contribution in [3.8, 4) is 11.5 Å². The number of aromatic nitrogens is 2. The van der Waals surface area contributed by atoms with Gasteiger partial charge >= 0.3 is 0 Å². The van der Waals surface area contributed by atoms with Gasteiger partial charge in [0.2, 0.25) is 5.91 Å². The number of fused-ring (bicyclic) bond motifs is 1. The Labute approximate surface area is 247 Å². The molecule has 0 bridgehead atoms. The molecule has 2 aromatic heterocycles. The third kappa shape index (κ3) is 6.70. The first kappa shape index (κ1) is 28.6. The highest BCUT2D eigenvalue weighted by molar-refractivity contribution is 7.92. The number of thiophene rings is 1. The zero-order chi connectivity index (χ0) is 29.7. The molecule has 0 unspecified atom stereocenters. The fourth-order valence-corrected chi connectivity index (χ4v) is 5.99. The summed E-state index contributed by atoms with van der Waals surface area (Å²) in [5, 5.41) is 5.08. The molecule has 0 saturated carbocycles. The smallest absolute Gasteiger partial charge is 0.263 e. The van der Waals surface area contributed by atoms with Crippen LogP contribution in [-0.4, -0.2) is 45.1 Å². The van der Waals surface area contributed by atoms with Crippen LogP contribution in [0, 0.1) is 0 Å². The van der Waals surface area contributed by atoms with Gasteiger partial charge in [-0.3, -0.25) is 9.52 Å². The van der Waals surface area contributed by atoms with E-state index in [0.717, 1.165) is 4.88 Å². The number of hydrogen-bond acceptors (Lipinski definition) is 10. The van der Waals surface area contributed by atoms with Crippen molar-refractivity contribution >= 4 is 61.3 Å². The lowest BCUT2D eigenvalue weighted by atomic mass is 10.2. The van der Waals surface area contributed by atoms with E-state index >= 15 is 0 Å². The monoisotopic (exact) mass is 604 g/mol. The highest BCUT2D eigenvalue weighted by Crippen LogP contribution is 2.32. The molecule has 2 heterocycles. The van der Waals surface area contributed by atoms with Crippen molar-refractivity contribution in [2.45, 2.75) is 11.4 Å². The number of rotatable bonds is 12. The number of anilines is 4. The molecule has 0 saturated heterocycles. The lowest BCUT2D eigenvalue weighted by Gasteiger charge is -2.23. The number of methoxy groups -OCH3 is 2. The Morgan fingerprint density at radius 1 is 0.905 bits per heavy atom. The average molecular weight is 605 g/mol. The van der Waals surface area contributed by atoms with Gasteiger partial charge in [0.05, 0.1) is 43.2 Å². The largest absolute Gasteiger partial charge is 0.497 e. The van der Waals surface area contributed by atoms with Crippen LogP contribution in [0.15, 0.2) is 89.1 Å². The molecule has 4 N–H and O–H groups in total. The van der Waals surface area contributed by atoms with Crippen molar-refractivity contribution in [1.82, 2.24) is 9.97 Å². The van der Waals surface area contributed by atoms with Crippen molar-refractivity contribution in [2.75, 3.05) is 35.7 Å². The molecule has 5 aromatic rings. The predicted octanol–water partition coefficient (Wildman–Crippen LogP) is 4.74. The molecule has 0 aliphatic carbocycles. The van der Waals surface area contributed by atoms with E-state index in [1.807, 2.05) is 23.6 Å². The Balaban J connectivity index is 1.51. The van der Waals surface area contributed by atoms with Crippen molar-refractivity contribution in [3.05, 3.63) is 89.1 Å². The van der Waals surface area contributed by atoms with Gasteiger partial charge in [-0.1, -0.05) is 24.3 Å². The molecule has 0 fully saturated rings. The van der Waals surface area contributed by atoms with Gasteiger partial charge in [0.1, 0.15) is 11.5 Å². The van der Waals surface area contributed by atoms with Crippen molar-refractivity contribution in [2.24, 2.45) is 5.73 Å². The van der Waals surface area contributed by atoms with Crippen LogP contribution in [0.4, 0.5) is 23.0 Å². The molecule has 0 aliphatic rings. The number of nitrogens with two attached hydrogens (primary N) is 1. The summed E-state index contributed by atoms with van der Waals surface area (Å²) in [6, 6.07) is 22.4. The third-order valence-electron chi connectivity index (χ3n) is 6.18. The average Bonchev–Trinajstić information content (AvgIpc) is 3.50. The van der Waals surface area contributed by atoms with E-state index in [1.54, 1.807) is 53.4 Å². The number of ether oxygens (including phenoxy) is 2. The molecule has 0 radical (unpaired) electrons. The number of primary amides is 1. The van der Waals surface area contributed by atoms with Crippen LogP contribution < -0.4 is 30.1 Å². The zero-order valence-corrected chi connectivity index (χ0v) is 24.4. The Morgan fingerprint density at radius 3 is 2.21 bits per heavy atom. The first-order chi connectivity index (χ1) is 20.2. The second-order valence-corrected chi connectivity index (χ2v) is 11.9. The number of carbonyl (C=O) groups is 1. The van der Waals surface area contributed by atoms with E-state index < -0.39 is 15.9 Å². The van der Waals surface area contributed by atoms with Crippen molar-refractivity contribution in [3.63, 3.8) is 0 Å². The van der Waals surface area contributed by atoms with Gasteiger partial charge in [0.25, 0.3) is 10.0 Å². The number of nitrogens with zero attached hydrogens (tertiary/aromatic N) is 3. The standard InChI is InChI=1S/C29H28N6O5S2/c1-39-21-13-19(14-22(16-21)40-2)31-28-29(33-26-11-4-3-10-25(26)32-28)34-42(37,38)24-9-5-7-20(15-24)35(18-27(30)36)17-23-8-6-12-41-23/h3-16H,17-18H2,1-2H3,(H2,30,36)(H,31,32)(H,33,34). The summed E-state index contributed by atoms with van der Waals surface area (Å²) < 4.78 is 40.7. The number of nitrogens with one attached hydrogen (secondary N) is 2. The molecule has 0 spiro atoms. The summed E-state index contributed by atoms with van der Waals surface area (Å²) in [6.07, 6.45) is 0.